The molecular formula is C20H14F3N3O2. The number of carbonyl (C=O) groups is 2. The fraction of sp³-hybridized carbons (Fsp3) is 0.100. The Balaban J connectivity index is 1.95. The van der Waals surface area contributed by atoms with E-state index >= 15 is 0 Å². The molecule has 3 aromatic rings. The number of halogens is 3. The molecule has 3 aromatic carbocycles. The third kappa shape index (κ3) is 3.02. The van der Waals surface area contributed by atoms with Crippen molar-refractivity contribution in [2.24, 2.45) is 0 Å². The fourth-order valence-corrected chi connectivity index (χ4v) is 3.29. The quantitative estimate of drug-likeness (QED) is 0.480. The zero-order chi connectivity index (χ0) is 20.1. The Bertz CT molecular complexity index is 1130. The van der Waals surface area contributed by atoms with Gasteiger partial charge < -0.3 is 11.1 Å². The minimum absolute atomic E-state index is 0.0346. The molecule has 0 aromatic heterocycles. The molecule has 5 nitrogen and oxygen atoms in total. The van der Waals surface area contributed by atoms with E-state index in [0.29, 0.717) is 22.4 Å². The Morgan fingerprint density at radius 3 is 2.54 bits per heavy atom. The van der Waals surface area contributed by atoms with Gasteiger partial charge in [0, 0.05) is 16.8 Å². The number of fused-ring (bicyclic) bond motifs is 3. The minimum atomic E-state index is -4.55. The van der Waals surface area contributed by atoms with E-state index < -0.39 is 30.0 Å². The molecule has 1 aliphatic heterocycles. The summed E-state index contributed by atoms with van der Waals surface area (Å²) < 4.78 is 39.4. The highest BCUT2D eigenvalue weighted by molar-refractivity contribution is 6.21. The van der Waals surface area contributed by atoms with Gasteiger partial charge in [-0.15, -0.1) is 0 Å². The van der Waals surface area contributed by atoms with Gasteiger partial charge in [0.2, 0.25) is 11.8 Å². The maximum Gasteiger partial charge on any atom is 0.416 e. The molecule has 0 bridgehead atoms. The van der Waals surface area contributed by atoms with Crippen LogP contribution < -0.4 is 16.0 Å². The molecule has 0 atom stereocenters. The molecule has 142 valence electrons. The number of rotatable bonds is 1. The maximum atomic E-state index is 13.1. The Hall–Kier alpha value is -3.55. The lowest BCUT2D eigenvalue weighted by molar-refractivity contribution is -0.137. The van der Waals surface area contributed by atoms with Gasteiger partial charge in [-0.1, -0.05) is 18.2 Å². The van der Waals surface area contributed by atoms with Crippen LogP contribution in [0.2, 0.25) is 0 Å². The number of benzene rings is 3. The van der Waals surface area contributed by atoms with Crippen molar-refractivity contribution >= 4 is 45.3 Å². The number of alkyl halides is 3. The third-order valence-corrected chi connectivity index (χ3v) is 4.52. The third-order valence-electron chi connectivity index (χ3n) is 4.52. The highest BCUT2D eigenvalue weighted by Gasteiger charge is 2.33. The number of hydrogen-bond acceptors (Lipinski definition) is 3. The Morgan fingerprint density at radius 1 is 1.00 bits per heavy atom. The van der Waals surface area contributed by atoms with E-state index in [0.717, 1.165) is 22.4 Å². The van der Waals surface area contributed by atoms with Crippen LogP contribution >= 0.6 is 0 Å². The van der Waals surface area contributed by atoms with E-state index in [4.69, 9.17) is 5.73 Å². The predicted octanol–water partition coefficient (Wildman–Crippen LogP) is 4.45. The number of anilines is 4. The van der Waals surface area contributed by atoms with Gasteiger partial charge in [0.25, 0.3) is 0 Å². The van der Waals surface area contributed by atoms with Crippen LogP contribution in [0.3, 0.4) is 0 Å². The van der Waals surface area contributed by atoms with Crippen molar-refractivity contribution in [3.8, 4) is 0 Å². The van der Waals surface area contributed by atoms with Crippen molar-refractivity contribution in [2.45, 2.75) is 12.6 Å². The maximum absolute atomic E-state index is 13.1. The first-order valence-corrected chi connectivity index (χ1v) is 8.36. The van der Waals surface area contributed by atoms with Crippen LogP contribution in [0.15, 0.2) is 54.6 Å². The van der Waals surface area contributed by atoms with Crippen molar-refractivity contribution in [3.05, 3.63) is 60.2 Å². The van der Waals surface area contributed by atoms with Crippen LogP contribution in [0.25, 0.3) is 10.8 Å². The lowest BCUT2D eigenvalue weighted by Gasteiger charge is -2.24. The lowest BCUT2D eigenvalue weighted by atomic mass is 10.0. The summed E-state index contributed by atoms with van der Waals surface area (Å²) in [6, 6.07) is 12.8. The first-order valence-electron chi connectivity index (χ1n) is 8.36. The van der Waals surface area contributed by atoms with E-state index in [2.05, 4.69) is 5.32 Å². The summed E-state index contributed by atoms with van der Waals surface area (Å²) in [5.41, 5.74) is 6.13. The minimum Gasteiger partial charge on any atom is -0.399 e. The molecule has 8 heteroatoms. The summed E-state index contributed by atoms with van der Waals surface area (Å²) in [7, 11) is 0. The average molecular weight is 385 g/mol. The molecule has 4 rings (SSSR count). The van der Waals surface area contributed by atoms with E-state index in [1.165, 1.54) is 12.1 Å². The second-order valence-electron chi connectivity index (χ2n) is 6.44. The number of nitrogens with zero attached hydrogens (tertiary/aromatic N) is 1. The van der Waals surface area contributed by atoms with Crippen molar-refractivity contribution in [2.75, 3.05) is 16.0 Å². The normalized spacial score (nSPS) is 14.6. The highest BCUT2D eigenvalue weighted by Crippen LogP contribution is 2.41. The van der Waals surface area contributed by atoms with Gasteiger partial charge in [0.05, 0.1) is 16.9 Å². The number of hydrogen-bond donors (Lipinski definition) is 2. The summed E-state index contributed by atoms with van der Waals surface area (Å²) >= 11 is 0. The molecule has 0 spiro atoms. The van der Waals surface area contributed by atoms with E-state index in [1.54, 1.807) is 30.3 Å². The second kappa shape index (κ2) is 6.26. The van der Waals surface area contributed by atoms with Gasteiger partial charge in [-0.05, 0) is 41.8 Å². The van der Waals surface area contributed by atoms with Crippen LogP contribution in [0.5, 0.6) is 0 Å². The van der Waals surface area contributed by atoms with Gasteiger partial charge >= 0.3 is 6.18 Å². The highest BCUT2D eigenvalue weighted by atomic mass is 19.4. The molecule has 1 heterocycles. The zero-order valence-electron chi connectivity index (χ0n) is 14.4. The molecule has 0 aliphatic carbocycles. The molecule has 0 unspecified atom stereocenters. The monoisotopic (exact) mass is 385 g/mol. The molecule has 3 N–H and O–H groups in total. The topological polar surface area (TPSA) is 75.4 Å². The van der Waals surface area contributed by atoms with Crippen molar-refractivity contribution in [3.63, 3.8) is 0 Å². The van der Waals surface area contributed by atoms with Crippen LogP contribution in [0, 0.1) is 0 Å². The standard InChI is InChI=1S/C20H14F3N3O2/c21-20(22,23)12-2-1-3-14(9-12)26-16-7-4-11-8-13(24)5-6-15(11)19(16)25-17(27)10-18(26)28/h1-9H,10,24H2,(H,25,27). The molecule has 0 fully saturated rings. The number of nitrogen functional groups attached to an aromatic ring is 1. The van der Waals surface area contributed by atoms with Crippen molar-refractivity contribution < 1.29 is 22.8 Å². The summed E-state index contributed by atoms with van der Waals surface area (Å²) in [5, 5.41) is 4.06. The van der Waals surface area contributed by atoms with Crippen molar-refractivity contribution in [1.82, 2.24) is 0 Å². The summed E-state index contributed by atoms with van der Waals surface area (Å²) in [6.45, 7) is 0. The molecule has 28 heavy (non-hydrogen) atoms. The first-order chi connectivity index (χ1) is 13.2. The van der Waals surface area contributed by atoms with E-state index in [9.17, 15) is 22.8 Å². The lowest BCUT2D eigenvalue weighted by Crippen LogP contribution is -2.26. The Morgan fingerprint density at radius 2 is 1.79 bits per heavy atom. The number of carbonyl (C=O) groups excluding carboxylic acids is 2. The molecule has 0 saturated heterocycles. The number of nitrogens with one attached hydrogen (secondary N) is 1. The van der Waals surface area contributed by atoms with Crippen LogP contribution in [0.1, 0.15) is 12.0 Å². The van der Waals surface area contributed by atoms with E-state index in [1.807, 2.05) is 0 Å². The van der Waals surface area contributed by atoms with Crippen LogP contribution in [-0.2, 0) is 15.8 Å². The van der Waals surface area contributed by atoms with Crippen LogP contribution in [-0.4, -0.2) is 11.8 Å². The van der Waals surface area contributed by atoms with Gasteiger partial charge in [0.1, 0.15) is 6.42 Å². The van der Waals surface area contributed by atoms with Gasteiger partial charge in [0.15, 0.2) is 0 Å². The smallest absolute Gasteiger partial charge is 0.399 e. The van der Waals surface area contributed by atoms with Crippen molar-refractivity contribution in [1.29, 1.82) is 0 Å². The largest absolute Gasteiger partial charge is 0.416 e. The summed E-state index contributed by atoms with van der Waals surface area (Å²) in [6.07, 6.45) is -5.04. The summed E-state index contributed by atoms with van der Waals surface area (Å²) in [4.78, 5) is 26.0. The summed E-state index contributed by atoms with van der Waals surface area (Å²) in [5.74, 6) is -1.16. The van der Waals surface area contributed by atoms with Gasteiger partial charge in [-0.3, -0.25) is 14.5 Å². The molecule has 1 aliphatic rings. The average Bonchev–Trinajstić information content (AvgIpc) is 2.75. The molecule has 0 saturated carbocycles. The second-order valence-corrected chi connectivity index (χ2v) is 6.44. The fourth-order valence-electron chi connectivity index (χ4n) is 3.29. The molecule has 0 radical (unpaired) electrons. The van der Waals surface area contributed by atoms with Crippen LogP contribution in [0.4, 0.5) is 35.9 Å². The number of amides is 2. The molecular weight excluding hydrogens is 371 g/mol. The first kappa shape index (κ1) is 17.8. The van der Waals surface area contributed by atoms with Gasteiger partial charge in [-0.25, -0.2) is 0 Å². The Kier molecular flexibility index (Phi) is 3.99. The Labute approximate surface area is 157 Å². The SMILES string of the molecule is Nc1ccc2c3c(ccc2c1)N(c1cccc(C(F)(F)F)c1)C(=O)CC(=O)N3. The predicted molar refractivity (Wildman–Crippen MR) is 100 cm³/mol. The zero-order valence-corrected chi connectivity index (χ0v) is 14.4. The van der Waals surface area contributed by atoms with E-state index in [-0.39, 0.29) is 5.69 Å². The van der Waals surface area contributed by atoms with Gasteiger partial charge in [-0.2, -0.15) is 13.2 Å². The number of nitrogens with two attached hydrogens (primary N) is 1. The molecule has 2 amide bonds.